The number of hydrogen-bond donors (Lipinski definition) is 2. The highest BCUT2D eigenvalue weighted by Gasteiger charge is 2.53. The van der Waals surface area contributed by atoms with Gasteiger partial charge < -0.3 is 15.5 Å². The number of guanidine groups is 1. The van der Waals surface area contributed by atoms with Crippen LogP contribution in [0.1, 0.15) is 55.4 Å². The minimum absolute atomic E-state index is 0.0535. The molecule has 0 saturated carbocycles. The van der Waals surface area contributed by atoms with Crippen LogP contribution in [-0.4, -0.2) is 48.5 Å². The molecule has 0 aromatic carbocycles. The first-order valence-electron chi connectivity index (χ1n) is 8.34. The number of carbonyl (C=O) groups excluding carboxylic acids is 1. The van der Waals surface area contributed by atoms with Gasteiger partial charge in [-0.25, -0.2) is 0 Å². The van der Waals surface area contributed by atoms with Crippen molar-refractivity contribution in [1.82, 2.24) is 15.5 Å². The van der Waals surface area contributed by atoms with Crippen molar-refractivity contribution in [1.29, 1.82) is 0 Å². The van der Waals surface area contributed by atoms with Crippen molar-refractivity contribution >= 4 is 11.9 Å². The number of aliphatic imine (C=N–C) groups is 1. The molecule has 0 bridgehead atoms. The predicted molar refractivity (Wildman–Crippen MR) is 93.0 cm³/mol. The van der Waals surface area contributed by atoms with Crippen molar-refractivity contribution in [3.05, 3.63) is 0 Å². The molecular weight excluding hydrogens is 276 g/mol. The van der Waals surface area contributed by atoms with Gasteiger partial charge in [-0.15, -0.1) is 0 Å². The van der Waals surface area contributed by atoms with Crippen LogP contribution in [0, 0.1) is 10.8 Å². The molecule has 128 valence electrons. The van der Waals surface area contributed by atoms with E-state index in [0.29, 0.717) is 13.1 Å². The fraction of sp³-hybridized carbons (Fsp3) is 0.882. The number of carbonyl (C=O) groups is 1. The monoisotopic (exact) mass is 310 g/mol. The molecule has 0 aromatic heterocycles. The zero-order chi connectivity index (χ0) is 17.2. The summed E-state index contributed by atoms with van der Waals surface area (Å²) in [5.74, 6) is 0.960. The Kier molecular flexibility index (Phi) is 5.52. The lowest BCUT2D eigenvalue weighted by atomic mass is 9.65. The molecule has 0 aromatic rings. The maximum atomic E-state index is 12.1. The van der Waals surface area contributed by atoms with Crippen molar-refractivity contribution < 1.29 is 4.79 Å². The lowest BCUT2D eigenvalue weighted by Crippen LogP contribution is -2.72. The van der Waals surface area contributed by atoms with E-state index in [1.54, 1.807) is 0 Å². The summed E-state index contributed by atoms with van der Waals surface area (Å²) >= 11 is 0. The summed E-state index contributed by atoms with van der Waals surface area (Å²) in [4.78, 5) is 19.2. The highest BCUT2D eigenvalue weighted by molar-refractivity contribution is 5.84. The lowest BCUT2D eigenvalue weighted by molar-refractivity contribution is -0.128. The second-order valence-corrected chi connectivity index (χ2v) is 7.94. The van der Waals surface area contributed by atoms with Gasteiger partial charge in [0.1, 0.15) is 0 Å². The van der Waals surface area contributed by atoms with E-state index < -0.39 is 5.41 Å². The van der Waals surface area contributed by atoms with Crippen LogP contribution >= 0.6 is 0 Å². The summed E-state index contributed by atoms with van der Waals surface area (Å²) in [6.45, 7) is 19.9. The third-order valence-electron chi connectivity index (χ3n) is 5.05. The third-order valence-corrected chi connectivity index (χ3v) is 5.05. The van der Waals surface area contributed by atoms with Gasteiger partial charge in [-0.1, -0.05) is 13.8 Å². The molecule has 0 radical (unpaired) electrons. The Morgan fingerprint density at radius 1 is 1.14 bits per heavy atom. The van der Waals surface area contributed by atoms with E-state index in [0.717, 1.165) is 19.0 Å². The fourth-order valence-corrected chi connectivity index (χ4v) is 2.54. The van der Waals surface area contributed by atoms with Gasteiger partial charge in [0, 0.05) is 30.6 Å². The van der Waals surface area contributed by atoms with Crippen molar-refractivity contribution in [3.63, 3.8) is 0 Å². The third kappa shape index (κ3) is 3.55. The number of hydrogen-bond acceptors (Lipinski definition) is 2. The fourth-order valence-electron chi connectivity index (χ4n) is 2.54. The number of nitrogens with zero attached hydrogens (tertiary/aromatic N) is 2. The average Bonchev–Trinajstić information content (AvgIpc) is 2.41. The van der Waals surface area contributed by atoms with Crippen LogP contribution in [-0.2, 0) is 4.79 Å². The largest absolute Gasteiger partial charge is 0.356 e. The summed E-state index contributed by atoms with van der Waals surface area (Å²) in [5.41, 5.74) is -0.177. The standard InChI is InChI=1S/C17H34N4O/c1-9-18-13(22)15(3,4)11-20-14(19-10-2)21-12-16(5,6)17(21,7)8/h9-12H2,1-8H3,(H,18,22)(H,19,20). The Hall–Kier alpha value is -1.26. The van der Waals surface area contributed by atoms with Gasteiger partial charge in [-0.3, -0.25) is 9.79 Å². The second kappa shape index (κ2) is 6.47. The molecule has 5 heteroatoms. The number of nitrogens with one attached hydrogen (secondary N) is 2. The quantitative estimate of drug-likeness (QED) is 0.605. The van der Waals surface area contributed by atoms with E-state index in [4.69, 9.17) is 4.99 Å². The Morgan fingerprint density at radius 2 is 1.68 bits per heavy atom. The second-order valence-electron chi connectivity index (χ2n) is 7.94. The Bertz CT molecular complexity index is 438. The van der Waals surface area contributed by atoms with Crippen LogP contribution in [0.25, 0.3) is 0 Å². The van der Waals surface area contributed by atoms with Crippen molar-refractivity contribution in [2.45, 2.75) is 60.9 Å². The van der Waals surface area contributed by atoms with Crippen LogP contribution < -0.4 is 10.6 Å². The minimum atomic E-state index is -0.499. The molecule has 0 spiro atoms. The number of amides is 1. The predicted octanol–water partition coefficient (Wildman–Crippen LogP) is 2.23. The van der Waals surface area contributed by atoms with Crippen LogP contribution in [0.2, 0.25) is 0 Å². The number of rotatable bonds is 5. The summed E-state index contributed by atoms with van der Waals surface area (Å²) in [6, 6.07) is 0. The van der Waals surface area contributed by atoms with E-state index >= 15 is 0 Å². The van der Waals surface area contributed by atoms with E-state index in [2.05, 4.69) is 50.2 Å². The summed E-state index contributed by atoms with van der Waals surface area (Å²) in [6.07, 6.45) is 0. The molecule has 0 atom stereocenters. The zero-order valence-corrected chi connectivity index (χ0v) is 15.6. The first-order valence-corrected chi connectivity index (χ1v) is 8.34. The molecule has 1 saturated heterocycles. The summed E-state index contributed by atoms with van der Waals surface area (Å²) < 4.78 is 0. The molecule has 0 unspecified atom stereocenters. The van der Waals surface area contributed by atoms with Gasteiger partial charge in [-0.05, 0) is 41.5 Å². The molecule has 22 heavy (non-hydrogen) atoms. The normalized spacial score (nSPS) is 20.4. The highest BCUT2D eigenvalue weighted by Crippen LogP contribution is 2.46. The van der Waals surface area contributed by atoms with Crippen LogP contribution in [0.15, 0.2) is 4.99 Å². The van der Waals surface area contributed by atoms with Crippen LogP contribution in [0.4, 0.5) is 0 Å². The zero-order valence-electron chi connectivity index (χ0n) is 15.6. The molecule has 5 nitrogen and oxygen atoms in total. The maximum Gasteiger partial charge on any atom is 0.227 e. The lowest BCUT2D eigenvalue weighted by Gasteiger charge is -2.62. The summed E-state index contributed by atoms with van der Waals surface area (Å²) in [7, 11) is 0. The molecule has 1 heterocycles. The SMILES string of the molecule is CCNC(=O)C(C)(C)CN=C(NCC)N1CC(C)(C)C1(C)C. The Morgan fingerprint density at radius 3 is 2.09 bits per heavy atom. The maximum absolute atomic E-state index is 12.1. The smallest absolute Gasteiger partial charge is 0.227 e. The Labute approximate surface area is 135 Å². The van der Waals surface area contributed by atoms with Gasteiger partial charge in [0.05, 0.1) is 12.0 Å². The van der Waals surface area contributed by atoms with Gasteiger partial charge in [0.15, 0.2) is 5.96 Å². The first-order chi connectivity index (χ1) is 9.99. The van der Waals surface area contributed by atoms with Gasteiger partial charge >= 0.3 is 0 Å². The molecule has 1 fully saturated rings. The molecule has 1 rings (SSSR count). The number of likely N-dealkylation sites (tertiary alicyclic amines) is 1. The first kappa shape index (κ1) is 18.8. The van der Waals surface area contributed by atoms with Gasteiger partial charge in [-0.2, -0.15) is 0 Å². The minimum Gasteiger partial charge on any atom is -0.356 e. The van der Waals surface area contributed by atoms with Crippen molar-refractivity contribution in [2.24, 2.45) is 15.8 Å². The molecule has 1 aliphatic heterocycles. The van der Waals surface area contributed by atoms with Crippen LogP contribution in [0.3, 0.4) is 0 Å². The molecule has 2 N–H and O–H groups in total. The van der Waals surface area contributed by atoms with Crippen molar-refractivity contribution in [3.8, 4) is 0 Å². The van der Waals surface area contributed by atoms with E-state index in [1.807, 2.05) is 20.8 Å². The van der Waals surface area contributed by atoms with E-state index in [-0.39, 0.29) is 16.9 Å². The molecule has 0 aliphatic carbocycles. The van der Waals surface area contributed by atoms with Gasteiger partial charge in [0.25, 0.3) is 0 Å². The Balaban J connectivity index is 2.86. The van der Waals surface area contributed by atoms with Crippen molar-refractivity contribution in [2.75, 3.05) is 26.2 Å². The topological polar surface area (TPSA) is 56.7 Å². The van der Waals surface area contributed by atoms with Gasteiger partial charge in [0.2, 0.25) is 5.91 Å². The van der Waals surface area contributed by atoms with Crippen LogP contribution in [0.5, 0.6) is 0 Å². The molecular formula is C17H34N4O. The summed E-state index contributed by atoms with van der Waals surface area (Å²) in [5, 5.41) is 6.25. The highest BCUT2D eigenvalue weighted by atomic mass is 16.2. The average molecular weight is 310 g/mol. The molecule has 1 amide bonds. The van der Waals surface area contributed by atoms with E-state index in [9.17, 15) is 4.79 Å². The van der Waals surface area contributed by atoms with E-state index in [1.165, 1.54) is 0 Å². The molecule has 1 aliphatic rings.